The molecule has 3 aromatic rings. The topological polar surface area (TPSA) is 76.5 Å². The van der Waals surface area contributed by atoms with E-state index in [-0.39, 0.29) is 18.0 Å². The van der Waals surface area contributed by atoms with Crippen LogP contribution in [-0.4, -0.2) is 46.7 Å². The molecule has 1 aliphatic rings. The number of nitrogens with zero attached hydrogens (tertiary/aromatic N) is 3. The minimum Gasteiger partial charge on any atom is -0.379 e. The molecule has 4 rings (SSSR count). The molecule has 1 fully saturated rings. The minimum absolute atomic E-state index is 0.0794. The SMILES string of the molecule is O=C(Cn1c(CN2CCOCC2)nc2ccccc2c1=O)NCc1ccc(Cl)cc1. The fourth-order valence-corrected chi connectivity index (χ4v) is 3.59. The third-order valence-electron chi connectivity index (χ3n) is 5.11. The van der Waals surface area contributed by atoms with Crippen LogP contribution in [0.4, 0.5) is 0 Å². The van der Waals surface area contributed by atoms with Gasteiger partial charge in [-0.25, -0.2) is 4.98 Å². The molecule has 0 atom stereocenters. The molecule has 2 heterocycles. The number of halogens is 1. The van der Waals surface area contributed by atoms with Gasteiger partial charge in [-0.3, -0.25) is 19.1 Å². The van der Waals surface area contributed by atoms with Gasteiger partial charge in [0.1, 0.15) is 12.4 Å². The van der Waals surface area contributed by atoms with Gasteiger partial charge in [0.05, 0.1) is 30.7 Å². The predicted octanol–water partition coefficient (Wildman–Crippen LogP) is 2.20. The van der Waals surface area contributed by atoms with Gasteiger partial charge in [0.25, 0.3) is 5.56 Å². The lowest BCUT2D eigenvalue weighted by Gasteiger charge is -2.27. The highest BCUT2D eigenvalue weighted by Gasteiger charge is 2.18. The van der Waals surface area contributed by atoms with Gasteiger partial charge in [-0.1, -0.05) is 35.9 Å². The minimum atomic E-state index is -0.243. The molecule has 8 heteroatoms. The van der Waals surface area contributed by atoms with E-state index in [1.165, 1.54) is 4.57 Å². The molecule has 0 saturated carbocycles. The highest BCUT2D eigenvalue weighted by atomic mass is 35.5. The van der Waals surface area contributed by atoms with Gasteiger partial charge < -0.3 is 10.1 Å². The first-order chi connectivity index (χ1) is 14.6. The molecular formula is C22H23ClN4O3. The Morgan fingerprint density at radius 2 is 1.83 bits per heavy atom. The Morgan fingerprint density at radius 1 is 1.10 bits per heavy atom. The summed E-state index contributed by atoms with van der Waals surface area (Å²) in [5.74, 6) is 0.342. The number of rotatable bonds is 6. The standard InChI is InChI=1S/C22H23ClN4O3/c23-17-7-5-16(6-8-17)13-24-21(28)15-27-20(14-26-9-11-30-12-10-26)25-19-4-2-1-3-18(19)22(27)29/h1-8H,9-15H2,(H,24,28). The van der Waals surface area contributed by atoms with Gasteiger partial charge in [0.2, 0.25) is 5.91 Å². The van der Waals surface area contributed by atoms with Crippen LogP contribution in [0.2, 0.25) is 5.02 Å². The van der Waals surface area contributed by atoms with E-state index in [2.05, 4.69) is 10.2 Å². The highest BCUT2D eigenvalue weighted by molar-refractivity contribution is 6.30. The van der Waals surface area contributed by atoms with Crippen molar-refractivity contribution in [1.82, 2.24) is 19.8 Å². The zero-order chi connectivity index (χ0) is 20.9. The van der Waals surface area contributed by atoms with Crippen LogP contribution in [0.25, 0.3) is 10.9 Å². The number of morpholine rings is 1. The molecule has 1 amide bonds. The van der Waals surface area contributed by atoms with E-state index in [0.717, 1.165) is 18.7 Å². The first-order valence-electron chi connectivity index (χ1n) is 9.90. The van der Waals surface area contributed by atoms with E-state index in [4.69, 9.17) is 21.3 Å². The number of hydrogen-bond donors (Lipinski definition) is 1. The van der Waals surface area contributed by atoms with Crippen molar-refractivity contribution < 1.29 is 9.53 Å². The summed E-state index contributed by atoms with van der Waals surface area (Å²) in [4.78, 5) is 32.6. The molecule has 2 aromatic carbocycles. The lowest BCUT2D eigenvalue weighted by molar-refractivity contribution is -0.121. The molecule has 7 nitrogen and oxygen atoms in total. The zero-order valence-electron chi connectivity index (χ0n) is 16.5. The highest BCUT2D eigenvalue weighted by Crippen LogP contribution is 2.12. The number of ether oxygens (including phenoxy) is 1. The Labute approximate surface area is 179 Å². The number of nitrogens with one attached hydrogen (secondary N) is 1. The van der Waals surface area contributed by atoms with Crippen LogP contribution in [0.15, 0.2) is 53.3 Å². The van der Waals surface area contributed by atoms with Crippen LogP contribution in [0.1, 0.15) is 11.4 Å². The van der Waals surface area contributed by atoms with Crippen LogP contribution >= 0.6 is 11.6 Å². The maximum atomic E-state index is 13.1. The number of aromatic nitrogens is 2. The second-order valence-corrected chi connectivity index (χ2v) is 7.66. The summed E-state index contributed by atoms with van der Waals surface area (Å²) < 4.78 is 6.89. The molecule has 1 N–H and O–H groups in total. The molecular weight excluding hydrogens is 404 g/mol. The van der Waals surface area contributed by atoms with Crippen LogP contribution in [0, 0.1) is 0 Å². The molecule has 0 unspecified atom stereocenters. The molecule has 0 spiro atoms. The second-order valence-electron chi connectivity index (χ2n) is 7.23. The van der Waals surface area contributed by atoms with Crippen molar-refractivity contribution in [2.75, 3.05) is 26.3 Å². The number of benzene rings is 2. The van der Waals surface area contributed by atoms with Crippen molar-refractivity contribution in [3.8, 4) is 0 Å². The maximum Gasteiger partial charge on any atom is 0.261 e. The molecule has 1 saturated heterocycles. The number of fused-ring (bicyclic) bond motifs is 1. The van der Waals surface area contributed by atoms with Crippen LogP contribution in [-0.2, 0) is 29.2 Å². The summed E-state index contributed by atoms with van der Waals surface area (Å²) in [6, 6.07) is 14.5. The number of para-hydroxylation sites is 1. The molecule has 0 aliphatic carbocycles. The molecule has 1 aromatic heterocycles. The first kappa shape index (κ1) is 20.5. The van der Waals surface area contributed by atoms with Crippen molar-refractivity contribution in [2.24, 2.45) is 0 Å². The van der Waals surface area contributed by atoms with E-state index < -0.39 is 0 Å². The fourth-order valence-electron chi connectivity index (χ4n) is 3.46. The molecule has 30 heavy (non-hydrogen) atoms. The van der Waals surface area contributed by atoms with E-state index in [1.807, 2.05) is 24.3 Å². The summed E-state index contributed by atoms with van der Waals surface area (Å²) in [5.41, 5.74) is 1.37. The van der Waals surface area contributed by atoms with Crippen molar-refractivity contribution in [2.45, 2.75) is 19.6 Å². The molecule has 0 radical (unpaired) electrons. The Kier molecular flexibility index (Phi) is 6.42. The van der Waals surface area contributed by atoms with E-state index in [1.54, 1.807) is 24.3 Å². The van der Waals surface area contributed by atoms with Crippen LogP contribution < -0.4 is 10.9 Å². The van der Waals surface area contributed by atoms with Gasteiger partial charge >= 0.3 is 0 Å². The Balaban J connectivity index is 1.56. The van der Waals surface area contributed by atoms with Crippen molar-refractivity contribution in [1.29, 1.82) is 0 Å². The average molecular weight is 427 g/mol. The van der Waals surface area contributed by atoms with Crippen molar-refractivity contribution >= 4 is 28.4 Å². The summed E-state index contributed by atoms with van der Waals surface area (Å²) in [5, 5.41) is 4.02. The average Bonchev–Trinajstić information content (AvgIpc) is 2.77. The Hall–Kier alpha value is -2.74. The lowest BCUT2D eigenvalue weighted by Crippen LogP contribution is -2.39. The van der Waals surface area contributed by atoms with Gasteiger partial charge in [-0.05, 0) is 29.8 Å². The van der Waals surface area contributed by atoms with Crippen LogP contribution in [0.3, 0.4) is 0 Å². The number of amides is 1. The first-order valence-corrected chi connectivity index (χ1v) is 10.3. The van der Waals surface area contributed by atoms with Crippen molar-refractivity contribution in [3.05, 3.63) is 75.3 Å². The van der Waals surface area contributed by atoms with Gasteiger partial charge in [-0.15, -0.1) is 0 Å². The summed E-state index contributed by atoms with van der Waals surface area (Å²) >= 11 is 5.90. The normalized spacial score (nSPS) is 14.7. The third-order valence-corrected chi connectivity index (χ3v) is 5.37. The van der Waals surface area contributed by atoms with Gasteiger partial charge in [-0.2, -0.15) is 0 Å². The number of hydrogen-bond acceptors (Lipinski definition) is 5. The third kappa shape index (κ3) is 4.87. The van der Waals surface area contributed by atoms with E-state index in [0.29, 0.717) is 48.1 Å². The summed E-state index contributed by atoms with van der Waals surface area (Å²) in [6.07, 6.45) is 0. The maximum absolute atomic E-state index is 13.1. The van der Waals surface area contributed by atoms with Crippen molar-refractivity contribution in [3.63, 3.8) is 0 Å². The van der Waals surface area contributed by atoms with Gasteiger partial charge in [0.15, 0.2) is 0 Å². The molecule has 0 bridgehead atoms. The molecule has 156 valence electrons. The predicted molar refractivity (Wildman–Crippen MR) is 115 cm³/mol. The Morgan fingerprint density at radius 3 is 2.60 bits per heavy atom. The fraction of sp³-hybridized carbons (Fsp3) is 0.318. The largest absolute Gasteiger partial charge is 0.379 e. The number of carbonyl (C=O) groups excluding carboxylic acids is 1. The van der Waals surface area contributed by atoms with Crippen LogP contribution in [0.5, 0.6) is 0 Å². The van der Waals surface area contributed by atoms with E-state index in [9.17, 15) is 9.59 Å². The lowest BCUT2D eigenvalue weighted by atomic mass is 10.2. The second kappa shape index (κ2) is 9.38. The van der Waals surface area contributed by atoms with Gasteiger partial charge in [0, 0.05) is 24.7 Å². The monoisotopic (exact) mass is 426 g/mol. The summed E-state index contributed by atoms with van der Waals surface area (Å²) in [6.45, 7) is 3.62. The summed E-state index contributed by atoms with van der Waals surface area (Å²) in [7, 11) is 0. The van der Waals surface area contributed by atoms with E-state index >= 15 is 0 Å². The zero-order valence-corrected chi connectivity index (χ0v) is 17.3. The quantitative estimate of drug-likeness (QED) is 0.654. The number of carbonyl (C=O) groups is 1. The Bertz CT molecular complexity index is 1090. The smallest absolute Gasteiger partial charge is 0.261 e. The molecule has 1 aliphatic heterocycles.